The van der Waals surface area contributed by atoms with E-state index in [-0.39, 0.29) is 17.3 Å². The molecular weight excluding hydrogens is 493 g/mol. The van der Waals surface area contributed by atoms with E-state index in [4.69, 9.17) is 13.9 Å². The number of ketones is 3. The van der Waals surface area contributed by atoms with Crippen LogP contribution in [0.1, 0.15) is 122 Å². The van der Waals surface area contributed by atoms with Gasteiger partial charge in [-0.05, 0) is 83.1 Å². The van der Waals surface area contributed by atoms with Crippen molar-refractivity contribution in [2.24, 2.45) is 0 Å². The Morgan fingerprint density at radius 2 is 0.595 bits per heavy atom. The number of hydrogen-bond donors (Lipinski definition) is 0. The van der Waals surface area contributed by atoms with Gasteiger partial charge in [0.15, 0.2) is 0 Å². The second-order valence-corrected chi connectivity index (χ2v) is 15.8. The Labute approximate surface area is 224 Å². The molecule has 0 saturated carbocycles. The van der Waals surface area contributed by atoms with E-state index >= 15 is 0 Å². The molecule has 0 aliphatic carbocycles. The van der Waals surface area contributed by atoms with E-state index in [1.165, 1.54) is 0 Å². The van der Waals surface area contributed by atoms with Gasteiger partial charge in [-0.1, -0.05) is 0 Å². The smallest absolute Gasteiger partial charge is 0.300 e. The Morgan fingerprint density at radius 3 is 0.757 bits per heavy atom. The van der Waals surface area contributed by atoms with Crippen LogP contribution >= 0.6 is 8.60 Å². The maximum atomic E-state index is 12.5. The monoisotopic (exact) mass is 541 g/mol. The second-order valence-electron chi connectivity index (χ2n) is 14.9. The van der Waals surface area contributed by atoms with Crippen molar-refractivity contribution in [2.45, 2.75) is 155 Å². The van der Waals surface area contributed by atoms with Gasteiger partial charge in [0.1, 0.15) is 17.3 Å². The summed E-state index contributed by atoms with van der Waals surface area (Å²) in [5, 5.41) is 5.58. The van der Waals surface area contributed by atoms with Gasteiger partial charge >= 0.3 is 8.60 Å². The zero-order valence-corrected chi connectivity index (χ0v) is 25.9. The molecule has 3 aliphatic rings. The van der Waals surface area contributed by atoms with E-state index in [2.05, 4.69) is 0 Å². The van der Waals surface area contributed by atoms with Crippen LogP contribution in [-0.2, 0) is 28.3 Å². The van der Waals surface area contributed by atoms with Crippen molar-refractivity contribution in [1.82, 2.24) is 15.2 Å². The Kier molecular flexibility index (Phi) is 8.05. The summed E-state index contributed by atoms with van der Waals surface area (Å²) in [5.41, 5.74) is -3.51. The number of piperidine rings is 3. The molecule has 212 valence electrons. The normalized spacial score (nSPS) is 29.6. The molecule has 0 aromatic heterocycles. The fourth-order valence-corrected chi connectivity index (χ4v) is 8.69. The van der Waals surface area contributed by atoms with Crippen molar-refractivity contribution in [1.29, 1.82) is 0 Å². The molecule has 3 saturated heterocycles. The molecule has 0 atom stereocenters. The van der Waals surface area contributed by atoms with Gasteiger partial charge in [-0.15, -0.1) is 0 Å². The minimum Gasteiger partial charge on any atom is -0.300 e. The van der Waals surface area contributed by atoms with Gasteiger partial charge in [0, 0.05) is 71.8 Å². The summed E-state index contributed by atoms with van der Waals surface area (Å²) in [4.78, 5) is 37.6. The maximum Gasteiger partial charge on any atom is 0.387 e. The molecule has 3 rings (SSSR count). The van der Waals surface area contributed by atoms with Crippen LogP contribution in [0.4, 0.5) is 0 Å². The lowest BCUT2D eigenvalue weighted by Crippen LogP contribution is -2.63. The minimum atomic E-state index is -2.08. The minimum absolute atomic E-state index is 0.189. The lowest BCUT2D eigenvalue weighted by Gasteiger charge is -2.55. The van der Waals surface area contributed by atoms with Crippen molar-refractivity contribution in [3.8, 4) is 0 Å². The number of hydrogen-bond acceptors (Lipinski definition) is 9. The summed E-state index contributed by atoms with van der Waals surface area (Å²) >= 11 is 0. The van der Waals surface area contributed by atoms with Crippen LogP contribution in [0.3, 0.4) is 0 Å². The molecule has 0 spiro atoms. The van der Waals surface area contributed by atoms with Crippen molar-refractivity contribution in [3.63, 3.8) is 0 Å². The third-order valence-electron chi connectivity index (χ3n) is 7.52. The first kappa shape index (κ1) is 30.7. The molecule has 3 aliphatic heterocycles. The lowest BCUT2D eigenvalue weighted by molar-refractivity contribution is -0.286. The molecule has 0 N–H and O–H groups in total. The summed E-state index contributed by atoms with van der Waals surface area (Å²) < 4.78 is 20.0. The fraction of sp³-hybridized carbons (Fsp3) is 0.889. The number of hydroxylamine groups is 6. The highest BCUT2D eigenvalue weighted by Gasteiger charge is 2.54. The Morgan fingerprint density at radius 1 is 0.432 bits per heavy atom. The van der Waals surface area contributed by atoms with Gasteiger partial charge in [-0.3, -0.25) is 14.4 Å². The van der Waals surface area contributed by atoms with E-state index in [0.29, 0.717) is 38.5 Å². The van der Waals surface area contributed by atoms with E-state index in [9.17, 15) is 14.4 Å². The molecule has 0 unspecified atom stereocenters. The summed E-state index contributed by atoms with van der Waals surface area (Å²) in [5.74, 6) is 0.568. The third kappa shape index (κ3) is 6.51. The molecule has 0 bridgehead atoms. The van der Waals surface area contributed by atoms with Crippen molar-refractivity contribution < 1.29 is 28.3 Å². The molecule has 0 aromatic carbocycles. The van der Waals surface area contributed by atoms with Crippen LogP contribution in [0.2, 0.25) is 0 Å². The Hall–Kier alpha value is -0.800. The fourth-order valence-electron chi connectivity index (χ4n) is 6.88. The molecule has 9 nitrogen and oxygen atoms in total. The van der Waals surface area contributed by atoms with Crippen LogP contribution in [0, 0.1) is 0 Å². The number of rotatable bonds is 6. The molecular formula is C27H48N3O6P. The topological polar surface area (TPSA) is 88.6 Å². The number of carbonyl (C=O) groups is 3. The largest absolute Gasteiger partial charge is 0.387 e. The summed E-state index contributed by atoms with van der Waals surface area (Å²) in [6, 6.07) is 0. The number of carbonyl (C=O) groups excluding carboxylic acids is 3. The number of nitrogens with zero attached hydrogens (tertiary/aromatic N) is 3. The zero-order valence-electron chi connectivity index (χ0n) is 25.0. The van der Waals surface area contributed by atoms with Crippen molar-refractivity contribution in [3.05, 3.63) is 0 Å². The molecule has 0 radical (unpaired) electrons. The van der Waals surface area contributed by atoms with Crippen molar-refractivity contribution >= 4 is 26.0 Å². The predicted octanol–water partition coefficient (Wildman–Crippen LogP) is 5.67. The second kappa shape index (κ2) is 9.69. The van der Waals surface area contributed by atoms with Crippen LogP contribution in [0.5, 0.6) is 0 Å². The van der Waals surface area contributed by atoms with Gasteiger partial charge in [-0.2, -0.15) is 15.2 Å². The molecule has 37 heavy (non-hydrogen) atoms. The Balaban J connectivity index is 2.01. The van der Waals surface area contributed by atoms with Gasteiger partial charge in [0.25, 0.3) is 0 Å². The molecule has 3 fully saturated rings. The molecule has 3 heterocycles. The summed E-state index contributed by atoms with van der Waals surface area (Å²) in [7, 11) is -2.08. The molecule has 0 amide bonds. The third-order valence-corrected chi connectivity index (χ3v) is 8.41. The van der Waals surface area contributed by atoms with Gasteiger partial charge < -0.3 is 0 Å². The first-order chi connectivity index (χ1) is 16.5. The molecule has 10 heteroatoms. The summed E-state index contributed by atoms with van der Waals surface area (Å²) in [6.45, 7) is 23.8. The average Bonchev–Trinajstić information content (AvgIpc) is 2.59. The van der Waals surface area contributed by atoms with Crippen LogP contribution in [0.25, 0.3) is 0 Å². The predicted molar refractivity (Wildman–Crippen MR) is 143 cm³/mol. The van der Waals surface area contributed by atoms with E-state index in [0.717, 1.165) is 0 Å². The number of Topliss-reactive ketones (excluding diaryl/α,β-unsaturated/α-hetero) is 3. The first-order valence-corrected chi connectivity index (χ1v) is 14.4. The van der Waals surface area contributed by atoms with Gasteiger partial charge in [0.05, 0.1) is 0 Å². The van der Waals surface area contributed by atoms with Crippen LogP contribution in [-0.4, -0.2) is 65.8 Å². The van der Waals surface area contributed by atoms with E-state index in [1.54, 1.807) is 0 Å². The zero-order chi connectivity index (χ0) is 28.4. The van der Waals surface area contributed by atoms with Gasteiger partial charge in [-0.25, -0.2) is 13.9 Å². The average molecular weight is 542 g/mol. The molecule has 0 aromatic rings. The lowest BCUT2D eigenvalue weighted by atomic mass is 9.81. The van der Waals surface area contributed by atoms with Crippen molar-refractivity contribution in [2.75, 3.05) is 0 Å². The highest BCUT2D eigenvalue weighted by molar-refractivity contribution is 7.41. The highest BCUT2D eigenvalue weighted by atomic mass is 31.2. The quantitative estimate of drug-likeness (QED) is 0.394. The summed E-state index contributed by atoms with van der Waals surface area (Å²) in [6.07, 6.45) is 2.11. The van der Waals surface area contributed by atoms with E-state index in [1.807, 2.05) is 98.3 Å². The standard InChI is InChI=1S/C27H48N3O6P/c1-22(2)13-19(31)14-23(3,4)28(22)34-37(35-29-24(5,6)15-20(32)16-25(29,7)8)36-30-26(9,10)17-21(33)18-27(30,11)12/h13-18H2,1-12H3. The Bertz CT molecular complexity index is 764. The SMILES string of the molecule is CC1(C)CC(=O)CC(C)(C)N1OP(ON1C(C)(C)CC(=O)CC1(C)C)ON1C(C)(C)CC(=O)CC1(C)C. The first-order valence-electron chi connectivity index (χ1n) is 13.3. The van der Waals surface area contributed by atoms with E-state index < -0.39 is 41.8 Å². The highest BCUT2D eigenvalue weighted by Crippen LogP contribution is 2.55. The van der Waals surface area contributed by atoms with Crippen LogP contribution in [0.15, 0.2) is 0 Å². The maximum absolute atomic E-state index is 12.5. The van der Waals surface area contributed by atoms with Crippen LogP contribution < -0.4 is 0 Å². The van der Waals surface area contributed by atoms with Gasteiger partial charge in [0.2, 0.25) is 0 Å².